The predicted molar refractivity (Wildman–Crippen MR) is 112 cm³/mol. The molecule has 1 fully saturated rings. The van der Waals surface area contributed by atoms with Crippen molar-refractivity contribution in [3.8, 4) is 11.5 Å². The summed E-state index contributed by atoms with van der Waals surface area (Å²) < 4.78 is 16.2. The van der Waals surface area contributed by atoms with E-state index in [0.29, 0.717) is 24.3 Å². The van der Waals surface area contributed by atoms with Crippen molar-refractivity contribution < 1.29 is 28.6 Å². The Morgan fingerprint density at radius 1 is 1.19 bits per heavy atom. The minimum Gasteiger partial charge on any atom is -0.493 e. The van der Waals surface area contributed by atoms with Gasteiger partial charge in [0.25, 0.3) is 0 Å². The molecule has 4 rings (SSSR count). The van der Waals surface area contributed by atoms with Crippen LogP contribution in [0.25, 0.3) is 0 Å². The van der Waals surface area contributed by atoms with E-state index in [1.165, 1.54) is 37.5 Å². The first-order chi connectivity index (χ1) is 15.0. The van der Waals surface area contributed by atoms with Crippen LogP contribution < -0.4 is 14.8 Å². The molecule has 2 atom stereocenters. The summed E-state index contributed by atoms with van der Waals surface area (Å²) in [7, 11) is 2.92. The summed E-state index contributed by atoms with van der Waals surface area (Å²) in [6, 6.07) is 2.67. The maximum Gasteiger partial charge on any atom is 0.344 e. The molecule has 2 aliphatic heterocycles. The summed E-state index contributed by atoms with van der Waals surface area (Å²) in [6.07, 6.45) is 7.39. The second-order valence-corrected chi connectivity index (χ2v) is 8.03. The van der Waals surface area contributed by atoms with Gasteiger partial charge < -0.3 is 19.5 Å². The van der Waals surface area contributed by atoms with Gasteiger partial charge in [0, 0.05) is 18.5 Å². The molecule has 1 N–H and O–H groups in total. The van der Waals surface area contributed by atoms with E-state index in [0.717, 1.165) is 19.3 Å². The molecule has 0 aromatic heterocycles. The minimum absolute atomic E-state index is 0.212. The number of nitrogens with zero attached hydrogens (tertiary/aromatic N) is 1. The van der Waals surface area contributed by atoms with Crippen LogP contribution in [0.3, 0.4) is 0 Å². The van der Waals surface area contributed by atoms with Crippen LogP contribution in [0.5, 0.6) is 11.5 Å². The monoisotopic (exact) mass is 428 g/mol. The number of carbonyl (C=O) groups excluding carboxylic acids is 3. The first-order valence-corrected chi connectivity index (χ1v) is 10.8. The van der Waals surface area contributed by atoms with Crippen LogP contribution in [-0.4, -0.2) is 49.5 Å². The van der Waals surface area contributed by atoms with Gasteiger partial charge in [-0.2, -0.15) is 0 Å². The van der Waals surface area contributed by atoms with Gasteiger partial charge in [-0.25, -0.2) is 4.79 Å². The molecule has 0 saturated carbocycles. The molecule has 31 heavy (non-hydrogen) atoms. The standard InChI is InChI=1S/C23H28N2O6/c1-29-17-10-8-15-19(20(17)30-2)23(28)31-22(15)25-16(9-11-18(25)26)21(27)24-13-12-14-6-4-3-5-7-14/h6,8,10,16,22H,3-5,7,9,11-13H2,1-2H3,(H,24,27)/t16-,22?/m0/s1. The molecule has 0 radical (unpaired) electrons. The Morgan fingerprint density at radius 2 is 2.03 bits per heavy atom. The fraction of sp³-hybridized carbons (Fsp3) is 0.522. The molecule has 2 heterocycles. The summed E-state index contributed by atoms with van der Waals surface area (Å²) in [6.45, 7) is 0.537. The number of allylic oxidation sites excluding steroid dienone is 1. The smallest absolute Gasteiger partial charge is 0.344 e. The molecule has 3 aliphatic rings. The number of esters is 1. The van der Waals surface area contributed by atoms with Gasteiger partial charge in [-0.05, 0) is 50.7 Å². The van der Waals surface area contributed by atoms with E-state index in [4.69, 9.17) is 14.2 Å². The zero-order valence-electron chi connectivity index (χ0n) is 17.9. The Balaban J connectivity index is 1.51. The van der Waals surface area contributed by atoms with E-state index in [1.54, 1.807) is 12.1 Å². The van der Waals surface area contributed by atoms with E-state index in [9.17, 15) is 14.4 Å². The van der Waals surface area contributed by atoms with E-state index in [1.807, 2.05) is 0 Å². The molecule has 1 unspecified atom stereocenters. The summed E-state index contributed by atoms with van der Waals surface area (Å²) in [5.74, 6) is -0.361. The van der Waals surface area contributed by atoms with Crippen molar-refractivity contribution in [2.24, 2.45) is 0 Å². The Bertz CT molecular complexity index is 925. The predicted octanol–water partition coefficient (Wildman–Crippen LogP) is 2.87. The normalized spacial score (nSPS) is 22.6. The minimum atomic E-state index is -0.950. The lowest BCUT2D eigenvalue weighted by molar-refractivity contribution is -0.145. The maximum absolute atomic E-state index is 12.9. The SMILES string of the molecule is COc1ccc2c(c1OC)C(=O)OC2N1C(=O)CC[C@H]1C(=O)NCCC1=CCCCC1. The van der Waals surface area contributed by atoms with Gasteiger partial charge in [0.05, 0.1) is 14.2 Å². The molecule has 2 amide bonds. The average Bonchev–Trinajstić information content (AvgIpc) is 3.33. The Kier molecular flexibility index (Phi) is 6.15. The van der Waals surface area contributed by atoms with Crippen molar-refractivity contribution in [2.45, 2.75) is 57.2 Å². The van der Waals surface area contributed by atoms with Gasteiger partial charge in [-0.1, -0.05) is 11.6 Å². The fourth-order valence-electron chi connectivity index (χ4n) is 4.64. The largest absolute Gasteiger partial charge is 0.493 e. The average molecular weight is 428 g/mol. The number of cyclic esters (lactones) is 1. The number of hydrogen-bond donors (Lipinski definition) is 1. The molecule has 0 bridgehead atoms. The first-order valence-electron chi connectivity index (χ1n) is 10.8. The molecular formula is C23H28N2O6. The van der Waals surface area contributed by atoms with E-state index >= 15 is 0 Å². The highest BCUT2D eigenvalue weighted by Crippen LogP contribution is 2.45. The van der Waals surface area contributed by atoms with Crippen LogP contribution >= 0.6 is 0 Å². The van der Waals surface area contributed by atoms with Crippen LogP contribution in [0.15, 0.2) is 23.8 Å². The van der Waals surface area contributed by atoms with Gasteiger partial charge in [-0.3, -0.25) is 14.5 Å². The van der Waals surface area contributed by atoms with Crippen LogP contribution in [0.2, 0.25) is 0 Å². The van der Waals surface area contributed by atoms with Gasteiger partial charge >= 0.3 is 5.97 Å². The van der Waals surface area contributed by atoms with Gasteiger partial charge in [0.15, 0.2) is 11.5 Å². The highest BCUT2D eigenvalue weighted by atomic mass is 16.6. The van der Waals surface area contributed by atoms with Gasteiger partial charge in [0.2, 0.25) is 18.0 Å². The van der Waals surface area contributed by atoms with Crippen molar-refractivity contribution in [3.63, 3.8) is 0 Å². The van der Waals surface area contributed by atoms with E-state index in [-0.39, 0.29) is 29.5 Å². The molecule has 1 aromatic carbocycles. The third kappa shape index (κ3) is 3.98. The second-order valence-electron chi connectivity index (χ2n) is 8.03. The number of benzene rings is 1. The highest BCUT2D eigenvalue weighted by molar-refractivity contribution is 5.99. The topological polar surface area (TPSA) is 94.2 Å². The first kappa shape index (κ1) is 21.2. The third-order valence-electron chi connectivity index (χ3n) is 6.21. The zero-order valence-corrected chi connectivity index (χ0v) is 17.9. The van der Waals surface area contributed by atoms with Crippen LogP contribution in [-0.2, 0) is 14.3 Å². The van der Waals surface area contributed by atoms with Crippen molar-refractivity contribution in [3.05, 3.63) is 34.9 Å². The number of hydrogen-bond acceptors (Lipinski definition) is 6. The molecule has 8 nitrogen and oxygen atoms in total. The molecule has 8 heteroatoms. The van der Waals surface area contributed by atoms with E-state index < -0.39 is 18.2 Å². The second kappa shape index (κ2) is 8.99. The number of rotatable bonds is 7. The summed E-state index contributed by atoms with van der Waals surface area (Å²) in [5, 5.41) is 2.96. The molecule has 1 saturated heterocycles. The summed E-state index contributed by atoms with van der Waals surface area (Å²) in [5.41, 5.74) is 2.11. The number of ether oxygens (including phenoxy) is 3. The van der Waals surface area contributed by atoms with Crippen molar-refractivity contribution in [1.29, 1.82) is 0 Å². The molecular weight excluding hydrogens is 400 g/mol. The molecule has 0 spiro atoms. The van der Waals surface area contributed by atoms with Crippen LogP contribution in [0.1, 0.15) is 67.1 Å². The Morgan fingerprint density at radius 3 is 2.74 bits per heavy atom. The van der Waals surface area contributed by atoms with Gasteiger partial charge in [0.1, 0.15) is 11.6 Å². The Labute approximate surface area is 181 Å². The summed E-state index contributed by atoms with van der Waals surface area (Å²) >= 11 is 0. The van der Waals surface area contributed by atoms with Crippen molar-refractivity contribution >= 4 is 17.8 Å². The lowest BCUT2D eigenvalue weighted by atomic mass is 9.97. The Hall–Kier alpha value is -3.03. The molecule has 1 aromatic rings. The maximum atomic E-state index is 12.9. The lowest BCUT2D eigenvalue weighted by Gasteiger charge is -2.29. The van der Waals surface area contributed by atoms with Crippen molar-refractivity contribution in [2.75, 3.05) is 20.8 Å². The third-order valence-corrected chi connectivity index (χ3v) is 6.21. The zero-order chi connectivity index (χ0) is 22.0. The number of likely N-dealkylation sites (tertiary alicyclic amines) is 1. The molecule has 1 aliphatic carbocycles. The number of fused-ring (bicyclic) bond motifs is 1. The number of carbonyl (C=O) groups is 3. The highest BCUT2D eigenvalue weighted by Gasteiger charge is 2.47. The number of amides is 2. The van der Waals surface area contributed by atoms with Gasteiger partial charge in [-0.15, -0.1) is 0 Å². The molecule has 166 valence electrons. The quantitative estimate of drug-likeness (QED) is 0.530. The lowest BCUT2D eigenvalue weighted by Crippen LogP contribution is -2.46. The summed E-state index contributed by atoms with van der Waals surface area (Å²) in [4.78, 5) is 39.6. The number of nitrogens with one attached hydrogen (secondary N) is 1. The fourth-order valence-corrected chi connectivity index (χ4v) is 4.64. The number of methoxy groups -OCH3 is 2. The van der Waals surface area contributed by atoms with E-state index in [2.05, 4.69) is 11.4 Å². The van der Waals surface area contributed by atoms with Crippen molar-refractivity contribution in [1.82, 2.24) is 10.2 Å². The van der Waals surface area contributed by atoms with Crippen LogP contribution in [0.4, 0.5) is 0 Å². The van der Waals surface area contributed by atoms with Crippen LogP contribution in [0, 0.1) is 0 Å².